The van der Waals surface area contributed by atoms with Gasteiger partial charge in [0.25, 0.3) is 23.6 Å². The first-order valence-electron chi connectivity index (χ1n) is 27.9. The number of unbranched alkanes of at least 4 members (excludes halogenated alkanes) is 1. The molecular formula is C66H66N2O15. The van der Waals surface area contributed by atoms with E-state index in [9.17, 15) is 28.8 Å². The Balaban J connectivity index is 1.07. The van der Waals surface area contributed by atoms with Crippen LogP contribution in [0.1, 0.15) is 96.3 Å². The topological polar surface area (TPSA) is 192 Å². The lowest BCUT2D eigenvalue weighted by Crippen LogP contribution is -2.68. The lowest BCUT2D eigenvalue weighted by atomic mass is 9.93. The highest BCUT2D eigenvalue weighted by Crippen LogP contribution is 2.40. The molecule has 0 N–H and O–H groups in total. The summed E-state index contributed by atoms with van der Waals surface area (Å²) in [5, 5.41) is 0. The number of imide groups is 2. The Morgan fingerprint density at radius 1 is 0.458 bits per heavy atom. The van der Waals surface area contributed by atoms with Crippen molar-refractivity contribution in [1.82, 2.24) is 9.80 Å². The van der Waals surface area contributed by atoms with Crippen molar-refractivity contribution >= 4 is 35.4 Å². The molecule has 6 aromatic rings. The molecule has 17 nitrogen and oxygen atoms in total. The predicted molar refractivity (Wildman–Crippen MR) is 301 cm³/mol. The Bertz CT molecular complexity index is 3130. The second-order valence-corrected chi connectivity index (χ2v) is 20.7. The number of Topliss-reactive ketones (excluding diaryl/α,β-unsaturated/α-hetero) is 1. The Morgan fingerprint density at radius 3 is 1.18 bits per heavy atom. The molecule has 0 radical (unpaired) electrons. The number of hydrogen-bond donors (Lipinski definition) is 0. The van der Waals surface area contributed by atoms with Crippen molar-refractivity contribution in [2.75, 3.05) is 19.8 Å². The molecule has 0 bridgehead atoms. The van der Waals surface area contributed by atoms with Crippen LogP contribution in [0.2, 0.25) is 0 Å². The number of amides is 4. The van der Waals surface area contributed by atoms with Crippen LogP contribution in [0.25, 0.3) is 0 Å². The number of fused-ring (bicyclic) bond motifs is 2. The van der Waals surface area contributed by atoms with Gasteiger partial charge in [-0.05, 0) is 66.3 Å². The van der Waals surface area contributed by atoms with Gasteiger partial charge in [-0.25, -0.2) is 0 Å². The summed E-state index contributed by atoms with van der Waals surface area (Å²) >= 11 is 0. The molecular weight excluding hydrogens is 1060 g/mol. The molecule has 4 heterocycles. The van der Waals surface area contributed by atoms with E-state index in [4.69, 9.17) is 42.6 Å². The molecule has 0 unspecified atom stereocenters. The molecule has 83 heavy (non-hydrogen) atoms. The van der Waals surface area contributed by atoms with Crippen LogP contribution in [0.3, 0.4) is 0 Å². The van der Waals surface area contributed by atoms with Crippen LogP contribution in [0.4, 0.5) is 0 Å². The quantitative estimate of drug-likeness (QED) is 0.0205. The molecule has 4 aliphatic rings. The highest BCUT2D eigenvalue weighted by atomic mass is 16.7. The molecule has 10 rings (SSSR count). The van der Waals surface area contributed by atoms with E-state index in [0.717, 1.165) is 32.1 Å². The van der Waals surface area contributed by atoms with Gasteiger partial charge in [-0.1, -0.05) is 152 Å². The molecule has 4 aliphatic heterocycles. The molecule has 0 spiro atoms. The van der Waals surface area contributed by atoms with Gasteiger partial charge in [0.1, 0.15) is 61.1 Å². The van der Waals surface area contributed by atoms with Crippen LogP contribution in [0, 0.1) is 0 Å². The first-order chi connectivity index (χ1) is 40.6. The maximum absolute atomic E-state index is 14.9. The Morgan fingerprint density at radius 2 is 0.807 bits per heavy atom. The fourth-order valence-corrected chi connectivity index (χ4v) is 10.8. The second kappa shape index (κ2) is 28.0. The third kappa shape index (κ3) is 13.8. The summed E-state index contributed by atoms with van der Waals surface area (Å²) < 4.78 is 61.1. The van der Waals surface area contributed by atoms with Crippen molar-refractivity contribution in [2.45, 2.75) is 120 Å². The zero-order valence-electron chi connectivity index (χ0n) is 46.0. The fraction of sp³-hybridized carbons (Fsp3) is 0.333. The maximum atomic E-state index is 14.9. The molecule has 6 aromatic carbocycles. The number of rotatable bonds is 27. The molecule has 10 atom stereocenters. The lowest BCUT2D eigenvalue weighted by molar-refractivity contribution is -0.326. The minimum Gasteiger partial charge on any atom is -0.463 e. The molecule has 17 heteroatoms. The summed E-state index contributed by atoms with van der Waals surface area (Å²) in [7, 11) is 0. The molecule has 2 saturated heterocycles. The summed E-state index contributed by atoms with van der Waals surface area (Å²) in [5.41, 5.74) is 3.84. The number of ether oxygens (including phenoxy) is 9. The summed E-state index contributed by atoms with van der Waals surface area (Å²) in [6.07, 6.45) is -7.34. The first kappa shape index (κ1) is 58.4. The van der Waals surface area contributed by atoms with E-state index in [-0.39, 0.29) is 73.9 Å². The number of allylic oxidation sites excluding steroid dienone is 1. The second-order valence-electron chi connectivity index (χ2n) is 20.7. The van der Waals surface area contributed by atoms with E-state index in [0.29, 0.717) is 12.8 Å². The van der Waals surface area contributed by atoms with E-state index in [2.05, 4.69) is 6.58 Å². The largest absolute Gasteiger partial charge is 0.463 e. The molecule has 2 fully saturated rings. The normalized spacial score (nSPS) is 23.9. The third-order valence-electron chi connectivity index (χ3n) is 15.0. The maximum Gasteiger partial charge on any atom is 0.306 e. The van der Waals surface area contributed by atoms with Gasteiger partial charge in [0.2, 0.25) is 0 Å². The van der Waals surface area contributed by atoms with E-state index in [1.54, 1.807) is 54.6 Å². The number of esters is 1. The molecule has 430 valence electrons. The molecule has 0 aliphatic carbocycles. The standard InChI is InChI=1S/C66H66N2O15/c1-3-4-21-36-75-65-55(67-61(71)48-30-17-18-31-49(48)62(67)72)59(79-39-46-26-13-7-14-27-46)58(78-38-45-24-11-6-12-25-45)53(82-65)42-81-66-56(68-63(73)50-32-19-20-33-51(50)64(68)74)60(80-40-47-28-15-8-16-29-47)57(77-37-44-22-9-5-10-23-44)52(83-66)41-76-54(70)35-34-43(2)69/h3,5-20,22-33,52-53,55-60,65-66H,1,4,21,34-42H2,2H3/t52-,53-,55-,56-,57-,58-,59-,60-,65-,66-/m1/s1. The van der Waals surface area contributed by atoms with Crippen molar-refractivity contribution in [3.63, 3.8) is 0 Å². The minimum atomic E-state index is -1.57. The van der Waals surface area contributed by atoms with Crippen molar-refractivity contribution < 1.29 is 71.4 Å². The number of hydrogen-bond acceptors (Lipinski definition) is 15. The summed E-state index contributed by atoms with van der Waals surface area (Å²) in [4.78, 5) is 86.8. The van der Waals surface area contributed by atoms with E-state index < -0.39 is 104 Å². The van der Waals surface area contributed by atoms with Crippen molar-refractivity contribution in [1.29, 1.82) is 0 Å². The Kier molecular flexibility index (Phi) is 19.7. The van der Waals surface area contributed by atoms with Crippen molar-refractivity contribution in [2.24, 2.45) is 0 Å². The lowest BCUT2D eigenvalue weighted by Gasteiger charge is -2.50. The summed E-state index contributed by atoms with van der Waals surface area (Å²) in [6, 6.07) is 47.9. The average molecular weight is 1130 g/mol. The van der Waals surface area contributed by atoms with Gasteiger partial charge in [0.15, 0.2) is 12.6 Å². The van der Waals surface area contributed by atoms with Crippen LogP contribution in [-0.2, 0) is 78.6 Å². The number of nitrogens with zero attached hydrogens (tertiary/aromatic N) is 2. The summed E-state index contributed by atoms with van der Waals surface area (Å²) in [6.45, 7) is 4.56. The zero-order chi connectivity index (χ0) is 57.7. The third-order valence-corrected chi connectivity index (χ3v) is 15.0. The monoisotopic (exact) mass is 1130 g/mol. The highest BCUT2D eigenvalue weighted by molar-refractivity contribution is 6.22. The van der Waals surface area contributed by atoms with E-state index >= 15 is 0 Å². The highest BCUT2D eigenvalue weighted by Gasteiger charge is 2.58. The number of carbonyl (C=O) groups is 6. The molecule has 0 saturated carbocycles. The van der Waals surface area contributed by atoms with Crippen LogP contribution >= 0.6 is 0 Å². The van der Waals surface area contributed by atoms with Gasteiger partial charge < -0.3 is 47.4 Å². The van der Waals surface area contributed by atoms with E-state index in [1.807, 2.05) is 121 Å². The smallest absolute Gasteiger partial charge is 0.306 e. The SMILES string of the molecule is C=CCCCO[C@@H]1O[C@H](CO[C@@H]2O[C@H](COC(=O)CCC(C)=O)[C@@H](OCc3ccccc3)[C@H](OCc3ccccc3)[C@H]2N2C(=O)c3ccccc3C2=O)[C@@H](OCc2ccccc2)[C@H](OCc2ccccc2)[C@H]1N1C(=O)c2ccccc2C1=O. The summed E-state index contributed by atoms with van der Waals surface area (Å²) in [5.74, 6) is -3.28. The van der Waals surface area contributed by atoms with Gasteiger partial charge in [0, 0.05) is 6.42 Å². The van der Waals surface area contributed by atoms with Crippen LogP contribution < -0.4 is 0 Å². The van der Waals surface area contributed by atoms with Gasteiger partial charge in [-0.3, -0.25) is 33.8 Å². The van der Waals surface area contributed by atoms with Gasteiger partial charge >= 0.3 is 5.97 Å². The Labute approximate surface area is 481 Å². The predicted octanol–water partition coefficient (Wildman–Crippen LogP) is 9.02. The van der Waals surface area contributed by atoms with Gasteiger partial charge in [-0.15, -0.1) is 6.58 Å². The number of benzene rings is 6. The van der Waals surface area contributed by atoms with Gasteiger partial charge in [0.05, 0.1) is 68.3 Å². The Hall–Kier alpha value is -7.84. The average Bonchev–Trinajstić information content (AvgIpc) is 3.59. The van der Waals surface area contributed by atoms with Crippen LogP contribution in [-0.4, -0.2) is 126 Å². The molecule has 0 aromatic heterocycles. The fourth-order valence-electron chi connectivity index (χ4n) is 10.8. The molecule has 4 amide bonds. The van der Waals surface area contributed by atoms with Crippen LogP contribution in [0.5, 0.6) is 0 Å². The van der Waals surface area contributed by atoms with Crippen LogP contribution in [0.15, 0.2) is 183 Å². The number of ketones is 1. The van der Waals surface area contributed by atoms with Gasteiger partial charge in [-0.2, -0.15) is 0 Å². The van der Waals surface area contributed by atoms with E-state index in [1.165, 1.54) is 6.92 Å². The minimum absolute atomic E-state index is 0.0122. The number of carbonyl (C=O) groups excluding carboxylic acids is 6. The van der Waals surface area contributed by atoms with Crippen molar-refractivity contribution in [3.05, 3.63) is 227 Å². The first-order valence-corrected chi connectivity index (χ1v) is 27.9. The zero-order valence-corrected chi connectivity index (χ0v) is 46.0. The van der Waals surface area contributed by atoms with Crippen molar-refractivity contribution in [3.8, 4) is 0 Å².